The number of sulfone groups is 1. The number of rotatable bonds is 4. The standard InChI is InChI=1S/C19H22N2O3S/c20-17-7-4-12-21(13-17)19(22)16-8-10-18(11-9-16)25(23,24)14-15-5-2-1-3-6-15/h1-3,5-6,8-11,17H,4,7,12-14,20H2. The molecule has 0 bridgehead atoms. The van der Waals surface area contributed by atoms with Crippen molar-refractivity contribution in [2.45, 2.75) is 29.5 Å². The lowest BCUT2D eigenvalue weighted by molar-refractivity contribution is 0.0708. The van der Waals surface area contributed by atoms with Crippen molar-refractivity contribution >= 4 is 15.7 Å². The predicted octanol–water partition coefficient (Wildman–Crippen LogP) is 2.22. The summed E-state index contributed by atoms with van der Waals surface area (Å²) >= 11 is 0. The molecule has 25 heavy (non-hydrogen) atoms. The zero-order valence-electron chi connectivity index (χ0n) is 14.0. The molecule has 1 atom stereocenters. The van der Waals surface area contributed by atoms with Crippen LogP contribution in [0.15, 0.2) is 59.5 Å². The van der Waals surface area contributed by atoms with Crippen LogP contribution in [0.5, 0.6) is 0 Å². The van der Waals surface area contributed by atoms with Crippen LogP contribution < -0.4 is 5.73 Å². The molecule has 1 amide bonds. The largest absolute Gasteiger partial charge is 0.337 e. The van der Waals surface area contributed by atoms with E-state index < -0.39 is 9.84 Å². The van der Waals surface area contributed by atoms with Crippen LogP contribution in [0.3, 0.4) is 0 Å². The summed E-state index contributed by atoms with van der Waals surface area (Å²) in [6.07, 6.45) is 1.83. The van der Waals surface area contributed by atoms with E-state index >= 15 is 0 Å². The van der Waals surface area contributed by atoms with Gasteiger partial charge in [0.25, 0.3) is 5.91 Å². The van der Waals surface area contributed by atoms with Crippen molar-refractivity contribution in [2.75, 3.05) is 13.1 Å². The molecular weight excluding hydrogens is 336 g/mol. The van der Waals surface area contributed by atoms with Crippen molar-refractivity contribution in [1.82, 2.24) is 4.90 Å². The quantitative estimate of drug-likeness (QED) is 0.909. The van der Waals surface area contributed by atoms with Crippen molar-refractivity contribution in [2.24, 2.45) is 5.73 Å². The van der Waals surface area contributed by atoms with Crippen LogP contribution in [0.2, 0.25) is 0 Å². The molecule has 0 spiro atoms. The molecule has 1 saturated heterocycles. The van der Waals surface area contributed by atoms with Gasteiger partial charge >= 0.3 is 0 Å². The molecule has 1 unspecified atom stereocenters. The van der Waals surface area contributed by atoms with E-state index in [-0.39, 0.29) is 22.6 Å². The monoisotopic (exact) mass is 358 g/mol. The van der Waals surface area contributed by atoms with E-state index in [1.807, 2.05) is 18.2 Å². The van der Waals surface area contributed by atoms with Gasteiger partial charge in [0.1, 0.15) is 0 Å². The Morgan fingerprint density at radius 1 is 1.08 bits per heavy atom. The van der Waals surface area contributed by atoms with Crippen molar-refractivity contribution in [3.8, 4) is 0 Å². The van der Waals surface area contributed by atoms with Gasteiger partial charge < -0.3 is 10.6 Å². The number of carbonyl (C=O) groups excluding carboxylic acids is 1. The molecule has 1 aliphatic heterocycles. The first-order chi connectivity index (χ1) is 12.0. The Hall–Kier alpha value is -2.18. The third-order valence-corrected chi connectivity index (χ3v) is 6.11. The van der Waals surface area contributed by atoms with Gasteiger partial charge in [0, 0.05) is 24.7 Å². The Kier molecular flexibility index (Phi) is 5.20. The summed E-state index contributed by atoms with van der Waals surface area (Å²) in [5, 5.41) is 0. The van der Waals surface area contributed by atoms with Crippen LogP contribution in [0.25, 0.3) is 0 Å². The fourth-order valence-electron chi connectivity index (χ4n) is 3.06. The van der Waals surface area contributed by atoms with Crippen LogP contribution in [0.1, 0.15) is 28.8 Å². The van der Waals surface area contributed by atoms with Gasteiger partial charge in [0.2, 0.25) is 0 Å². The molecule has 0 saturated carbocycles. The average Bonchev–Trinajstić information content (AvgIpc) is 2.62. The van der Waals surface area contributed by atoms with E-state index in [1.165, 1.54) is 12.1 Å². The second-order valence-electron chi connectivity index (χ2n) is 6.42. The highest BCUT2D eigenvalue weighted by atomic mass is 32.2. The van der Waals surface area contributed by atoms with E-state index in [0.29, 0.717) is 18.7 Å². The number of benzene rings is 2. The normalized spacial score (nSPS) is 18.1. The minimum Gasteiger partial charge on any atom is -0.337 e. The molecule has 2 aromatic rings. The van der Waals surface area contributed by atoms with Crippen LogP contribution >= 0.6 is 0 Å². The molecule has 6 heteroatoms. The lowest BCUT2D eigenvalue weighted by Crippen LogP contribution is -2.45. The number of hydrogen-bond acceptors (Lipinski definition) is 4. The second-order valence-corrected chi connectivity index (χ2v) is 8.41. The van der Waals surface area contributed by atoms with E-state index in [1.54, 1.807) is 29.2 Å². The first-order valence-electron chi connectivity index (χ1n) is 8.37. The molecule has 0 aliphatic carbocycles. The van der Waals surface area contributed by atoms with Crippen LogP contribution in [-0.2, 0) is 15.6 Å². The molecule has 1 heterocycles. The number of carbonyl (C=O) groups is 1. The Bertz CT molecular complexity index is 833. The van der Waals surface area contributed by atoms with Crippen molar-refractivity contribution in [1.29, 1.82) is 0 Å². The Balaban J connectivity index is 1.74. The minimum atomic E-state index is -3.43. The summed E-state index contributed by atoms with van der Waals surface area (Å²) in [6, 6.07) is 15.3. The van der Waals surface area contributed by atoms with Gasteiger partial charge in [-0.1, -0.05) is 30.3 Å². The molecule has 1 aliphatic rings. The summed E-state index contributed by atoms with van der Waals surface area (Å²) in [4.78, 5) is 14.5. The van der Waals surface area contributed by atoms with Gasteiger partial charge in [-0.2, -0.15) is 0 Å². The Morgan fingerprint density at radius 3 is 2.40 bits per heavy atom. The molecular formula is C19H22N2O3S. The third-order valence-electron chi connectivity index (χ3n) is 4.40. The summed E-state index contributed by atoms with van der Waals surface area (Å²) < 4.78 is 25.0. The number of nitrogens with two attached hydrogens (primary N) is 1. The minimum absolute atomic E-state index is 0.0169. The second kappa shape index (κ2) is 7.37. The number of hydrogen-bond donors (Lipinski definition) is 1. The molecule has 132 valence electrons. The predicted molar refractivity (Wildman–Crippen MR) is 96.9 cm³/mol. The number of likely N-dealkylation sites (tertiary alicyclic amines) is 1. The van der Waals surface area contributed by atoms with E-state index in [9.17, 15) is 13.2 Å². The SMILES string of the molecule is NC1CCCN(C(=O)c2ccc(S(=O)(=O)Cc3ccccc3)cc2)C1. The highest BCUT2D eigenvalue weighted by Crippen LogP contribution is 2.19. The fourth-order valence-corrected chi connectivity index (χ4v) is 4.41. The molecule has 5 nitrogen and oxygen atoms in total. The highest BCUT2D eigenvalue weighted by molar-refractivity contribution is 7.90. The molecule has 2 aromatic carbocycles. The Morgan fingerprint density at radius 2 is 1.76 bits per heavy atom. The zero-order valence-corrected chi connectivity index (χ0v) is 14.8. The van der Waals surface area contributed by atoms with E-state index in [4.69, 9.17) is 5.73 Å². The molecule has 2 N–H and O–H groups in total. The summed E-state index contributed by atoms with van der Waals surface area (Å²) in [5.74, 6) is -0.149. The first kappa shape index (κ1) is 17.6. The number of nitrogens with zero attached hydrogens (tertiary/aromatic N) is 1. The van der Waals surface area contributed by atoms with Crippen LogP contribution in [0.4, 0.5) is 0 Å². The topological polar surface area (TPSA) is 80.5 Å². The molecule has 0 aromatic heterocycles. The fraction of sp³-hybridized carbons (Fsp3) is 0.316. The number of amides is 1. The van der Waals surface area contributed by atoms with Gasteiger partial charge in [-0.3, -0.25) is 4.79 Å². The van der Waals surface area contributed by atoms with E-state index in [2.05, 4.69) is 0 Å². The van der Waals surface area contributed by atoms with Crippen molar-refractivity contribution in [3.05, 3.63) is 65.7 Å². The van der Waals surface area contributed by atoms with Crippen LogP contribution in [-0.4, -0.2) is 38.4 Å². The lowest BCUT2D eigenvalue weighted by Gasteiger charge is -2.30. The van der Waals surface area contributed by atoms with Crippen molar-refractivity contribution in [3.63, 3.8) is 0 Å². The van der Waals surface area contributed by atoms with Crippen molar-refractivity contribution < 1.29 is 13.2 Å². The zero-order chi connectivity index (χ0) is 17.9. The average molecular weight is 358 g/mol. The smallest absolute Gasteiger partial charge is 0.253 e. The van der Waals surface area contributed by atoms with Gasteiger partial charge in [-0.05, 0) is 42.7 Å². The number of piperidine rings is 1. The lowest BCUT2D eigenvalue weighted by atomic mass is 10.1. The summed E-state index contributed by atoms with van der Waals surface area (Å²) in [7, 11) is -3.43. The van der Waals surface area contributed by atoms with Gasteiger partial charge in [-0.25, -0.2) is 8.42 Å². The molecule has 1 fully saturated rings. The summed E-state index contributed by atoms with van der Waals surface area (Å²) in [6.45, 7) is 1.24. The maximum Gasteiger partial charge on any atom is 0.253 e. The Labute approximate surface area is 148 Å². The van der Waals surface area contributed by atoms with E-state index in [0.717, 1.165) is 18.4 Å². The maximum absolute atomic E-state index is 12.5. The van der Waals surface area contributed by atoms with Gasteiger partial charge in [0.15, 0.2) is 9.84 Å². The molecule has 3 rings (SSSR count). The van der Waals surface area contributed by atoms with Gasteiger partial charge in [0.05, 0.1) is 10.6 Å². The van der Waals surface area contributed by atoms with Gasteiger partial charge in [-0.15, -0.1) is 0 Å². The van der Waals surface area contributed by atoms with Crippen LogP contribution in [0, 0.1) is 0 Å². The first-order valence-corrected chi connectivity index (χ1v) is 10.0. The highest BCUT2D eigenvalue weighted by Gasteiger charge is 2.23. The third kappa shape index (κ3) is 4.27. The molecule has 0 radical (unpaired) electrons. The summed E-state index contributed by atoms with van der Waals surface area (Å²) in [5.41, 5.74) is 7.16. The maximum atomic E-state index is 12.5.